The molecule has 90 valence electrons. The zero-order chi connectivity index (χ0) is 12.8. The fourth-order valence-corrected chi connectivity index (χ4v) is 1.82. The average Bonchev–Trinajstić information content (AvgIpc) is 2.57. The molecule has 0 fully saturated rings. The molecule has 2 aromatic rings. The van der Waals surface area contributed by atoms with Gasteiger partial charge in [-0.05, 0) is 26.9 Å². The first-order chi connectivity index (χ1) is 7.80. The van der Waals surface area contributed by atoms with Crippen LogP contribution in [0, 0.1) is 10.1 Å². The van der Waals surface area contributed by atoms with Crippen molar-refractivity contribution < 1.29 is 18.1 Å². The van der Waals surface area contributed by atoms with Crippen LogP contribution in [0.25, 0.3) is 5.65 Å². The van der Waals surface area contributed by atoms with E-state index in [1.165, 1.54) is 0 Å². The lowest BCUT2D eigenvalue weighted by Gasteiger charge is -2.06. The molecule has 0 spiro atoms. The standard InChI is InChI=1S/C8H3BrF3N3O2/c9-4-1-5(8(10,11)12)7-13-2-6(15(16)17)14(7)3-4/h1-3H. The second-order valence-electron chi connectivity index (χ2n) is 3.14. The summed E-state index contributed by atoms with van der Waals surface area (Å²) in [6.45, 7) is 0. The monoisotopic (exact) mass is 309 g/mol. The van der Waals surface area contributed by atoms with E-state index < -0.39 is 28.1 Å². The number of alkyl halides is 3. The molecule has 0 saturated heterocycles. The summed E-state index contributed by atoms with van der Waals surface area (Å²) < 4.78 is 38.9. The van der Waals surface area contributed by atoms with Gasteiger partial charge in [0.2, 0.25) is 5.65 Å². The molecule has 2 rings (SSSR count). The molecule has 0 N–H and O–H groups in total. The summed E-state index contributed by atoms with van der Waals surface area (Å²) in [6, 6.07) is 0.825. The number of halogens is 4. The minimum absolute atomic E-state index is 0.0819. The second-order valence-corrected chi connectivity index (χ2v) is 4.05. The predicted octanol–water partition coefficient (Wildman–Crippen LogP) is 3.02. The summed E-state index contributed by atoms with van der Waals surface area (Å²) in [5.41, 5.74) is -1.52. The van der Waals surface area contributed by atoms with Crippen LogP contribution in [-0.2, 0) is 6.18 Å². The molecule has 0 amide bonds. The summed E-state index contributed by atoms with van der Waals surface area (Å²) in [4.78, 5) is 13.2. The molecule has 0 aliphatic heterocycles. The third-order valence-electron chi connectivity index (χ3n) is 2.05. The fraction of sp³-hybridized carbons (Fsp3) is 0.125. The minimum Gasteiger partial charge on any atom is -0.358 e. The second kappa shape index (κ2) is 3.69. The molecule has 0 aliphatic carbocycles. The number of nitrogens with zero attached hydrogens (tertiary/aromatic N) is 3. The number of imidazole rings is 1. The highest BCUT2D eigenvalue weighted by Crippen LogP contribution is 2.35. The first-order valence-corrected chi connectivity index (χ1v) is 4.98. The third-order valence-corrected chi connectivity index (χ3v) is 2.48. The highest BCUT2D eigenvalue weighted by Gasteiger charge is 2.37. The Morgan fingerprint density at radius 2 is 2.12 bits per heavy atom. The zero-order valence-corrected chi connectivity index (χ0v) is 9.49. The van der Waals surface area contributed by atoms with Gasteiger partial charge in [0.1, 0.15) is 18.0 Å². The van der Waals surface area contributed by atoms with Crippen LogP contribution >= 0.6 is 15.9 Å². The maximum Gasteiger partial charge on any atom is 0.422 e. The van der Waals surface area contributed by atoms with Crippen LogP contribution in [0.2, 0.25) is 0 Å². The van der Waals surface area contributed by atoms with E-state index in [1.54, 1.807) is 0 Å². The van der Waals surface area contributed by atoms with Gasteiger partial charge < -0.3 is 10.1 Å². The van der Waals surface area contributed by atoms with E-state index >= 15 is 0 Å². The smallest absolute Gasteiger partial charge is 0.358 e. The van der Waals surface area contributed by atoms with Gasteiger partial charge in [0, 0.05) is 0 Å². The molecule has 9 heteroatoms. The van der Waals surface area contributed by atoms with Gasteiger partial charge in [-0.25, -0.2) is 4.98 Å². The van der Waals surface area contributed by atoms with Gasteiger partial charge in [-0.2, -0.15) is 17.6 Å². The SMILES string of the molecule is O=[N+]([O-])c1cnc2c(C(F)(F)F)cc(Br)cn12. The summed E-state index contributed by atoms with van der Waals surface area (Å²) in [6.07, 6.45) is -2.67. The molecule has 5 nitrogen and oxygen atoms in total. The largest absolute Gasteiger partial charge is 0.422 e. The van der Waals surface area contributed by atoms with E-state index in [-0.39, 0.29) is 4.47 Å². The molecule has 2 aromatic heterocycles. The Morgan fingerprint density at radius 3 is 2.65 bits per heavy atom. The van der Waals surface area contributed by atoms with E-state index in [0.29, 0.717) is 0 Å². The van der Waals surface area contributed by atoms with Gasteiger partial charge in [0.25, 0.3) is 0 Å². The summed E-state index contributed by atoms with van der Waals surface area (Å²) >= 11 is 2.87. The Labute approximate surface area is 100 Å². The number of fused-ring (bicyclic) bond motifs is 1. The number of hydrogen-bond donors (Lipinski definition) is 0. The van der Waals surface area contributed by atoms with Crippen molar-refractivity contribution in [2.75, 3.05) is 0 Å². The Morgan fingerprint density at radius 1 is 1.47 bits per heavy atom. The Balaban J connectivity index is 2.84. The van der Waals surface area contributed by atoms with Crippen molar-refractivity contribution in [3.05, 3.63) is 38.6 Å². The highest BCUT2D eigenvalue weighted by molar-refractivity contribution is 9.10. The quantitative estimate of drug-likeness (QED) is 0.601. The van der Waals surface area contributed by atoms with E-state index in [1.807, 2.05) is 0 Å². The normalized spacial score (nSPS) is 12.0. The molecule has 2 heterocycles. The highest BCUT2D eigenvalue weighted by atomic mass is 79.9. The molecule has 0 aromatic carbocycles. The van der Waals surface area contributed by atoms with Crippen molar-refractivity contribution >= 4 is 27.4 Å². The van der Waals surface area contributed by atoms with E-state index in [9.17, 15) is 23.3 Å². The summed E-state index contributed by atoms with van der Waals surface area (Å²) in [5.74, 6) is -0.521. The maximum atomic E-state index is 12.7. The van der Waals surface area contributed by atoms with Crippen molar-refractivity contribution in [3.63, 3.8) is 0 Å². The molecule has 0 unspecified atom stereocenters. The van der Waals surface area contributed by atoms with Crippen molar-refractivity contribution in [1.82, 2.24) is 9.38 Å². The lowest BCUT2D eigenvalue weighted by Crippen LogP contribution is -2.08. The Bertz CT molecular complexity index is 608. The molecular weight excluding hydrogens is 307 g/mol. The van der Waals surface area contributed by atoms with Crippen LogP contribution in [0.15, 0.2) is 22.9 Å². The van der Waals surface area contributed by atoms with Crippen molar-refractivity contribution in [1.29, 1.82) is 0 Å². The van der Waals surface area contributed by atoms with E-state index in [0.717, 1.165) is 22.9 Å². The molecule has 17 heavy (non-hydrogen) atoms. The molecular formula is C8H3BrF3N3O2. The fourth-order valence-electron chi connectivity index (χ4n) is 1.39. The summed E-state index contributed by atoms with van der Waals surface area (Å²) in [5, 5.41) is 10.6. The number of aromatic nitrogens is 2. The van der Waals surface area contributed by atoms with Crippen molar-refractivity contribution in [3.8, 4) is 0 Å². The van der Waals surface area contributed by atoms with Gasteiger partial charge in [-0.3, -0.25) is 0 Å². The molecule has 0 aliphatic rings. The van der Waals surface area contributed by atoms with Crippen molar-refractivity contribution in [2.45, 2.75) is 6.18 Å². The van der Waals surface area contributed by atoms with Crippen LogP contribution in [0.1, 0.15) is 5.56 Å². The number of rotatable bonds is 1. The minimum atomic E-state index is -4.62. The Hall–Kier alpha value is -1.64. The van der Waals surface area contributed by atoms with Crippen LogP contribution in [0.4, 0.5) is 19.0 Å². The van der Waals surface area contributed by atoms with E-state index in [4.69, 9.17) is 0 Å². The third kappa shape index (κ3) is 1.97. The van der Waals surface area contributed by atoms with Crippen LogP contribution < -0.4 is 0 Å². The van der Waals surface area contributed by atoms with Gasteiger partial charge in [-0.15, -0.1) is 0 Å². The lowest BCUT2D eigenvalue weighted by molar-refractivity contribution is -0.390. The topological polar surface area (TPSA) is 60.4 Å². The lowest BCUT2D eigenvalue weighted by atomic mass is 10.2. The van der Waals surface area contributed by atoms with Gasteiger partial charge in [0.15, 0.2) is 0 Å². The van der Waals surface area contributed by atoms with E-state index in [2.05, 4.69) is 20.9 Å². The van der Waals surface area contributed by atoms with Crippen LogP contribution in [0.5, 0.6) is 0 Å². The first-order valence-electron chi connectivity index (χ1n) is 4.19. The Kier molecular flexibility index (Phi) is 2.57. The average molecular weight is 310 g/mol. The zero-order valence-electron chi connectivity index (χ0n) is 7.90. The number of nitro groups is 1. The summed E-state index contributed by atoms with van der Waals surface area (Å²) in [7, 11) is 0. The number of hydrogen-bond acceptors (Lipinski definition) is 3. The maximum absolute atomic E-state index is 12.7. The molecule has 0 bridgehead atoms. The van der Waals surface area contributed by atoms with Gasteiger partial charge in [0.05, 0.1) is 4.47 Å². The molecule has 0 radical (unpaired) electrons. The first kappa shape index (κ1) is 11.8. The number of pyridine rings is 1. The molecule has 0 atom stereocenters. The predicted molar refractivity (Wildman–Crippen MR) is 54.5 cm³/mol. The van der Waals surface area contributed by atoms with Crippen LogP contribution in [0.3, 0.4) is 0 Å². The van der Waals surface area contributed by atoms with Gasteiger partial charge >= 0.3 is 12.0 Å². The molecule has 0 saturated carbocycles. The van der Waals surface area contributed by atoms with Crippen molar-refractivity contribution in [2.24, 2.45) is 0 Å². The van der Waals surface area contributed by atoms with Crippen LogP contribution in [-0.4, -0.2) is 14.3 Å². The van der Waals surface area contributed by atoms with Gasteiger partial charge in [-0.1, -0.05) is 0 Å².